The minimum atomic E-state index is -0.763. The molecule has 0 bridgehead atoms. The van der Waals surface area contributed by atoms with Gasteiger partial charge in [-0.3, -0.25) is 4.90 Å². The standard InChI is InChI=1S/C23H22FN3O3S/c1-23(2,3)30-22(28)27(4)19-13-10-15(21(24)26-19)8-6-7-9-20-25-17-12-11-16(29-5)14-18(17)31-20/h7,9-14H,1-5H3/b9-7+. The highest BCUT2D eigenvalue weighted by atomic mass is 32.1. The monoisotopic (exact) mass is 439 g/mol. The molecule has 0 saturated heterocycles. The molecule has 2 aromatic heterocycles. The van der Waals surface area contributed by atoms with Gasteiger partial charge in [-0.05, 0) is 63.3 Å². The van der Waals surface area contributed by atoms with Crippen molar-refractivity contribution in [2.45, 2.75) is 26.4 Å². The van der Waals surface area contributed by atoms with Gasteiger partial charge in [-0.1, -0.05) is 11.8 Å². The smallest absolute Gasteiger partial charge is 0.415 e. The molecular weight excluding hydrogens is 417 g/mol. The van der Waals surface area contributed by atoms with Crippen LogP contribution >= 0.6 is 11.3 Å². The summed E-state index contributed by atoms with van der Waals surface area (Å²) in [6.07, 6.45) is 2.75. The molecule has 0 unspecified atom stereocenters. The van der Waals surface area contributed by atoms with Crippen molar-refractivity contribution in [1.29, 1.82) is 0 Å². The lowest BCUT2D eigenvalue weighted by Crippen LogP contribution is -2.34. The van der Waals surface area contributed by atoms with E-state index >= 15 is 0 Å². The highest BCUT2D eigenvalue weighted by Gasteiger charge is 2.21. The molecule has 0 aliphatic heterocycles. The fourth-order valence-corrected chi connectivity index (χ4v) is 3.38. The first-order valence-corrected chi connectivity index (χ1v) is 10.2. The topological polar surface area (TPSA) is 64.5 Å². The van der Waals surface area contributed by atoms with Crippen LogP contribution in [0.4, 0.5) is 15.0 Å². The van der Waals surface area contributed by atoms with E-state index in [2.05, 4.69) is 21.8 Å². The van der Waals surface area contributed by atoms with Crippen LogP contribution in [-0.2, 0) is 4.74 Å². The van der Waals surface area contributed by atoms with Crippen molar-refractivity contribution in [2.24, 2.45) is 0 Å². The molecule has 0 fully saturated rings. The fourth-order valence-electron chi connectivity index (χ4n) is 2.48. The van der Waals surface area contributed by atoms with Crippen LogP contribution < -0.4 is 9.64 Å². The third-order valence-electron chi connectivity index (χ3n) is 3.97. The molecule has 0 aliphatic rings. The molecule has 1 aromatic carbocycles. The lowest BCUT2D eigenvalue weighted by molar-refractivity contribution is 0.0588. The highest BCUT2D eigenvalue weighted by Crippen LogP contribution is 2.26. The number of pyridine rings is 1. The summed E-state index contributed by atoms with van der Waals surface area (Å²) < 4.78 is 25.8. The predicted molar refractivity (Wildman–Crippen MR) is 121 cm³/mol. The second-order valence-electron chi connectivity index (χ2n) is 7.54. The SMILES string of the molecule is COc1ccc2nc(/C=C/C#Cc3ccc(N(C)C(=O)OC(C)(C)C)nc3F)sc2c1. The Hall–Kier alpha value is -3.44. The van der Waals surface area contributed by atoms with Crippen LogP contribution in [0, 0.1) is 17.8 Å². The second-order valence-corrected chi connectivity index (χ2v) is 8.60. The van der Waals surface area contributed by atoms with Crippen molar-refractivity contribution in [3.63, 3.8) is 0 Å². The Morgan fingerprint density at radius 2 is 2.00 bits per heavy atom. The number of halogens is 1. The third-order valence-corrected chi connectivity index (χ3v) is 4.96. The molecule has 3 aromatic rings. The van der Waals surface area contributed by atoms with Crippen LogP contribution in [0.1, 0.15) is 31.3 Å². The average molecular weight is 440 g/mol. The Balaban J connectivity index is 1.70. The number of anilines is 1. The average Bonchev–Trinajstić information content (AvgIpc) is 3.12. The second kappa shape index (κ2) is 9.14. The minimum Gasteiger partial charge on any atom is -0.497 e. The van der Waals surface area contributed by atoms with Crippen LogP contribution in [0.2, 0.25) is 0 Å². The van der Waals surface area contributed by atoms with Gasteiger partial charge in [-0.15, -0.1) is 11.3 Å². The van der Waals surface area contributed by atoms with Crippen LogP contribution in [0.15, 0.2) is 36.4 Å². The Labute approximate surface area is 184 Å². The largest absolute Gasteiger partial charge is 0.497 e. The van der Waals surface area contributed by atoms with Crippen molar-refractivity contribution in [3.05, 3.63) is 52.9 Å². The first kappa shape index (κ1) is 22.2. The lowest BCUT2D eigenvalue weighted by atomic mass is 10.2. The van der Waals surface area contributed by atoms with Gasteiger partial charge in [0.2, 0.25) is 5.95 Å². The third kappa shape index (κ3) is 5.80. The molecule has 0 saturated carbocycles. The van der Waals surface area contributed by atoms with Gasteiger partial charge in [0.25, 0.3) is 0 Å². The zero-order chi connectivity index (χ0) is 22.6. The van der Waals surface area contributed by atoms with Gasteiger partial charge in [0.1, 0.15) is 22.2 Å². The van der Waals surface area contributed by atoms with Gasteiger partial charge in [-0.25, -0.2) is 14.8 Å². The van der Waals surface area contributed by atoms with Gasteiger partial charge in [0.05, 0.1) is 22.9 Å². The van der Waals surface area contributed by atoms with E-state index in [1.54, 1.807) is 40.0 Å². The van der Waals surface area contributed by atoms with Crippen LogP contribution in [-0.4, -0.2) is 35.8 Å². The number of rotatable bonds is 3. The van der Waals surface area contributed by atoms with Gasteiger partial charge in [0, 0.05) is 7.05 Å². The normalized spacial score (nSPS) is 11.3. The Morgan fingerprint density at radius 3 is 2.68 bits per heavy atom. The van der Waals surface area contributed by atoms with Crippen LogP contribution in [0.25, 0.3) is 16.3 Å². The molecule has 3 rings (SSSR count). The number of hydrogen-bond donors (Lipinski definition) is 0. The van der Waals surface area contributed by atoms with E-state index in [0.29, 0.717) is 0 Å². The number of nitrogens with zero attached hydrogens (tertiary/aromatic N) is 3. The van der Waals surface area contributed by atoms with E-state index in [4.69, 9.17) is 9.47 Å². The molecule has 0 radical (unpaired) electrons. The maximum absolute atomic E-state index is 14.3. The fraction of sp³-hybridized carbons (Fsp3) is 0.261. The van der Waals surface area contributed by atoms with Gasteiger partial charge < -0.3 is 9.47 Å². The van der Waals surface area contributed by atoms with E-state index in [1.807, 2.05) is 18.2 Å². The molecule has 0 aliphatic carbocycles. The van der Waals surface area contributed by atoms with Crippen LogP contribution in [0.3, 0.4) is 0 Å². The van der Waals surface area contributed by atoms with Gasteiger partial charge >= 0.3 is 6.09 Å². The quantitative estimate of drug-likeness (QED) is 0.411. The lowest BCUT2D eigenvalue weighted by Gasteiger charge is -2.24. The molecule has 31 heavy (non-hydrogen) atoms. The number of benzene rings is 1. The molecule has 0 atom stereocenters. The molecule has 0 N–H and O–H groups in total. The summed E-state index contributed by atoms with van der Waals surface area (Å²) in [5.41, 5.74) is 0.343. The number of hydrogen-bond acceptors (Lipinski definition) is 6. The van der Waals surface area contributed by atoms with Crippen LogP contribution in [0.5, 0.6) is 5.75 Å². The van der Waals surface area contributed by atoms with Gasteiger partial charge in [-0.2, -0.15) is 4.39 Å². The number of thiazole rings is 1. The maximum atomic E-state index is 14.3. The minimum absolute atomic E-state index is 0.125. The van der Waals surface area contributed by atoms with E-state index in [-0.39, 0.29) is 11.4 Å². The number of fused-ring (bicyclic) bond motifs is 1. The number of carbonyl (C=O) groups excluding carboxylic acids is 1. The number of allylic oxidation sites excluding steroid dienone is 1. The Bertz CT molecular complexity index is 1200. The summed E-state index contributed by atoms with van der Waals surface area (Å²) in [6, 6.07) is 8.66. The molecule has 160 valence electrons. The molecule has 1 amide bonds. The Morgan fingerprint density at radius 1 is 1.23 bits per heavy atom. The van der Waals surface area contributed by atoms with Gasteiger partial charge in [0.15, 0.2) is 0 Å². The first-order valence-electron chi connectivity index (χ1n) is 9.42. The number of ether oxygens (including phenoxy) is 2. The predicted octanol–water partition coefficient (Wildman–Crippen LogP) is 5.28. The molecular formula is C23H22FN3O3S. The number of aromatic nitrogens is 2. The number of amides is 1. The Kier molecular flexibility index (Phi) is 6.56. The molecule has 0 spiro atoms. The summed E-state index contributed by atoms with van der Waals surface area (Å²) in [6.45, 7) is 5.26. The molecule has 2 heterocycles. The zero-order valence-corrected chi connectivity index (χ0v) is 18.7. The van der Waals surface area contributed by atoms with Crippen molar-refractivity contribution >= 4 is 39.5 Å². The molecule has 6 nitrogen and oxygen atoms in total. The van der Waals surface area contributed by atoms with Crippen molar-refractivity contribution in [3.8, 4) is 17.6 Å². The van der Waals surface area contributed by atoms with Crippen molar-refractivity contribution in [2.75, 3.05) is 19.1 Å². The van der Waals surface area contributed by atoms with E-state index in [0.717, 1.165) is 25.9 Å². The van der Waals surface area contributed by atoms with Crippen molar-refractivity contribution in [1.82, 2.24) is 9.97 Å². The summed E-state index contributed by atoms with van der Waals surface area (Å²) in [7, 11) is 3.09. The number of methoxy groups -OCH3 is 1. The van der Waals surface area contributed by atoms with E-state index in [9.17, 15) is 9.18 Å². The van der Waals surface area contributed by atoms with E-state index < -0.39 is 17.6 Å². The highest BCUT2D eigenvalue weighted by molar-refractivity contribution is 7.19. The first-order chi connectivity index (χ1) is 14.7. The van der Waals surface area contributed by atoms with Crippen molar-refractivity contribution < 1.29 is 18.7 Å². The maximum Gasteiger partial charge on any atom is 0.415 e. The summed E-state index contributed by atoms with van der Waals surface area (Å²) >= 11 is 1.51. The summed E-state index contributed by atoms with van der Waals surface area (Å²) in [5, 5.41) is 0.783. The molecule has 8 heteroatoms. The summed E-state index contributed by atoms with van der Waals surface area (Å²) in [4.78, 5) is 21.6. The number of carbonyl (C=O) groups is 1. The zero-order valence-electron chi connectivity index (χ0n) is 17.9. The summed E-state index contributed by atoms with van der Waals surface area (Å²) in [5.74, 6) is 5.65. The van der Waals surface area contributed by atoms with E-state index in [1.165, 1.54) is 30.5 Å².